The van der Waals surface area contributed by atoms with Gasteiger partial charge in [-0.3, -0.25) is 4.90 Å². The molecule has 1 aromatic rings. The van der Waals surface area contributed by atoms with Crippen molar-refractivity contribution in [3.05, 3.63) is 29.3 Å². The Morgan fingerprint density at radius 1 is 1.41 bits per heavy atom. The summed E-state index contributed by atoms with van der Waals surface area (Å²) in [6.07, 6.45) is 3.36. The van der Waals surface area contributed by atoms with Crippen LogP contribution < -0.4 is 5.73 Å². The normalized spacial score (nSPS) is 13.0. The third-order valence-corrected chi connectivity index (χ3v) is 4.08. The van der Waals surface area contributed by atoms with Gasteiger partial charge in [-0.05, 0) is 43.8 Å². The van der Waals surface area contributed by atoms with Crippen LogP contribution in [0.25, 0.3) is 0 Å². The Morgan fingerprint density at radius 3 is 2.71 bits per heavy atom. The SMILES string of the molecule is CCC(CSC)N(C)Cc1cccc(N)c1C. The summed E-state index contributed by atoms with van der Waals surface area (Å²) in [5.74, 6) is 1.19. The molecule has 96 valence electrons. The molecule has 1 unspecified atom stereocenters. The molecule has 0 heterocycles. The maximum Gasteiger partial charge on any atom is 0.0346 e. The fraction of sp³-hybridized carbons (Fsp3) is 0.571. The van der Waals surface area contributed by atoms with E-state index in [-0.39, 0.29) is 0 Å². The van der Waals surface area contributed by atoms with Crippen molar-refractivity contribution in [3.63, 3.8) is 0 Å². The minimum atomic E-state index is 0.644. The molecule has 3 heteroatoms. The molecule has 0 fully saturated rings. The minimum Gasteiger partial charge on any atom is -0.399 e. The Morgan fingerprint density at radius 2 is 2.12 bits per heavy atom. The van der Waals surface area contributed by atoms with E-state index in [9.17, 15) is 0 Å². The molecule has 0 saturated carbocycles. The van der Waals surface area contributed by atoms with Gasteiger partial charge in [-0.15, -0.1) is 0 Å². The number of benzene rings is 1. The zero-order valence-corrected chi connectivity index (χ0v) is 12.2. The fourth-order valence-corrected chi connectivity index (χ4v) is 2.90. The predicted molar refractivity (Wildman–Crippen MR) is 79.5 cm³/mol. The van der Waals surface area contributed by atoms with E-state index in [1.54, 1.807) is 0 Å². The molecule has 2 N–H and O–H groups in total. The van der Waals surface area contributed by atoms with Crippen molar-refractivity contribution in [3.8, 4) is 0 Å². The number of nitrogen functional groups attached to an aromatic ring is 1. The third kappa shape index (κ3) is 3.93. The number of hydrogen-bond acceptors (Lipinski definition) is 3. The largest absolute Gasteiger partial charge is 0.399 e. The smallest absolute Gasteiger partial charge is 0.0346 e. The van der Waals surface area contributed by atoms with Gasteiger partial charge in [0.1, 0.15) is 0 Å². The lowest BCUT2D eigenvalue weighted by molar-refractivity contribution is 0.247. The van der Waals surface area contributed by atoms with Crippen molar-refractivity contribution in [1.29, 1.82) is 0 Å². The zero-order valence-electron chi connectivity index (χ0n) is 11.4. The zero-order chi connectivity index (χ0) is 12.8. The quantitative estimate of drug-likeness (QED) is 0.789. The van der Waals surface area contributed by atoms with Gasteiger partial charge in [-0.2, -0.15) is 11.8 Å². The second-order valence-electron chi connectivity index (χ2n) is 4.56. The summed E-state index contributed by atoms with van der Waals surface area (Å²) in [6, 6.07) is 6.83. The Balaban J connectivity index is 2.72. The molecule has 0 spiro atoms. The lowest BCUT2D eigenvalue weighted by Crippen LogP contribution is -2.32. The first kappa shape index (κ1) is 14.4. The standard InChI is InChI=1S/C14H24N2S/c1-5-13(10-17-4)16(3)9-12-7-6-8-14(15)11(12)2/h6-8,13H,5,9-10,15H2,1-4H3. The molecule has 0 aliphatic heterocycles. The highest BCUT2D eigenvalue weighted by molar-refractivity contribution is 7.98. The summed E-state index contributed by atoms with van der Waals surface area (Å²) >= 11 is 1.91. The van der Waals surface area contributed by atoms with Crippen LogP contribution in [0.5, 0.6) is 0 Å². The van der Waals surface area contributed by atoms with Crippen LogP contribution >= 0.6 is 11.8 Å². The molecule has 0 saturated heterocycles. The Bertz CT molecular complexity index is 352. The fourth-order valence-electron chi connectivity index (χ4n) is 2.02. The van der Waals surface area contributed by atoms with Gasteiger partial charge in [0.25, 0.3) is 0 Å². The number of rotatable bonds is 6. The van der Waals surface area contributed by atoms with Crippen LogP contribution in [-0.2, 0) is 6.54 Å². The summed E-state index contributed by atoms with van der Waals surface area (Å²) in [7, 11) is 2.20. The highest BCUT2D eigenvalue weighted by Gasteiger charge is 2.13. The van der Waals surface area contributed by atoms with E-state index in [0.29, 0.717) is 6.04 Å². The summed E-state index contributed by atoms with van der Waals surface area (Å²) in [5.41, 5.74) is 9.40. The highest BCUT2D eigenvalue weighted by atomic mass is 32.2. The van der Waals surface area contributed by atoms with E-state index in [2.05, 4.69) is 38.1 Å². The number of nitrogens with two attached hydrogens (primary N) is 1. The van der Waals surface area contributed by atoms with Crippen LogP contribution in [0.2, 0.25) is 0 Å². The van der Waals surface area contributed by atoms with Crippen LogP contribution in [-0.4, -0.2) is 30.0 Å². The number of anilines is 1. The molecule has 0 aromatic heterocycles. The average molecular weight is 252 g/mol. The van der Waals surface area contributed by atoms with Gasteiger partial charge in [-0.1, -0.05) is 19.1 Å². The van der Waals surface area contributed by atoms with Gasteiger partial charge < -0.3 is 5.73 Å². The molecule has 0 aliphatic carbocycles. The molecular weight excluding hydrogens is 228 g/mol. The van der Waals surface area contributed by atoms with Gasteiger partial charge in [0.15, 0.2) is 0 Å². The molecule has 1 atom stereocenters. The first-order chi connectivity index (χ1) is 8.10. The molecule has 2 nitrogen and oxygen atoms in total. The summed E-state index contributed by atoms with van der Waals surface area (Å²) in [4.78, 5) is 2.43. The maximum absolute atomic E-state index is 5.94. The van der Waals surface area contributed by atoms with Crippen molar-refractivity contribution in [2.24, 2.45) is 0 Å². The van der Waals surface area contributed by atoms with E-state index in [4.69, 9.17) is 5.73 Å². The third-order valence-electron chi connectivity index (χ3n) is 3.36. The van der Waals surface area contributed by atoms with Crippen LogP contribution in [0.15, 0.2) is 18.2 Å². The highest BCUT2D eigenvalue weighted by Crippen LogP contribution is 2.19. The molecule has 0 aliphatic rings. The summed E-state index contributed by atoms with van der Waals surface area (Å²) < 4.78 is 0. The van der Waals surface area contributed by atoms with Crippen molar-refractivity contribution < 1.29 is 0 Å². The van der Waals surface area contributed by atoms with Gasteiger partial charge in [0.05, 0.1) is 0 Å². The van der Waals surface area contributed by atoms with Crippen LogP contribution in [0.4, 0.5) is 5.69 Å². The summed E-state index contributed by atoms with van der Waals surface area (Å²) in [5, 5.41) is 0. The topological polar surface area (TPSA) is 29.3 Å². The summed E-state index contributed by atoms with van der Waals surface area (Å²) in [6.45, 7) is 5.34. The molecular formula is C14H24N2S. The lowest BCUT2D eigenvalue weighted by Gasteiger charge is -2.27. The second-order valence-corrected chi connectivity index (χ2v) is 5.47. The first-order valence-corrected chi connectivity index (χ1v) is 7.52. The van der Waals surface area contributed by atoms with Crippen LogP contribution in [0.3, 0.4) is 0 Å². The maximum atomic E-state index is 5.94. The molecule has 0 radical (unpaired) electrons. The second kappa shape index (κ2) is 6.92. The average Bonchev–Trinajstić information content (AvgIpc) is 2.31. The van der Waals surface area contributed by atoms with E-state index in [0.717, 1.165) is 12.2 Å². The van der Waals surface area contributed by atoms with Crippen LogP contribution in [0, 0.1) is 6.92 Å². The first-order valence-electron chi connectivity index (χ1n) is 6.13. The Labute approximate surface area is 110 Å². The molecule has 17 heavy (non-hydrogen) atoms. The van der Waals surface area contributed by atoms with Crippen molar-refractivity contribution >= 4 is 17.4 Å². The van der Waals surface area contributed by atoms with Crippen molar-refractivity contribution in [1.82, 2.24) is 4.90 Å². The van der Waals surface area contributed by atoms with E-state index < -0.39 is 0 Å². The Kier molecular flexibility index (Phi) is 5.86. The van der Waals surface area contributed by atoms with Gasteiger partial charge >= 0.3 is 0 Å². The molecule has 0 bridgehead atoms. The number of thioether (sulfide) groups is 1. The van der Waals surface area contributed by atoms with Crippen LogP contribution in [0.1, 0.15) is 24.5 Å². The lowest BCUT2D eigenvalue weighted by atomic mass is 10.1. The van der Waals surface area contributed by atoms with Crippen molar-refractivity contribution in [2.75, 3.05) is 24.8 Å². The number of hydrogen-bond donors (Lipinski definition) is 1. The van der Waals surface area contributed by atoms with E-state index in [1.807, 2.05) is 23.9 Å². The molecule has 1 rings (SSSR count). The van der Waals surface area contributed by atoms with Gasteiger partial charge in [0.2, 0.25) is 0 Å². The predicted octanol–water partition coefficient (Wildman–Crippen LogP) is 3.15. The minimum absolute atomic E-state index is 0.644. The van der Waals surface area contributed by atoms with Gasteiger partial charge in [0, 0.05) is 24.0 Å². The Hall–Kier alpha value is -0.670. The van der Waals surface area contributed by atoms with Gasteiger partial charge in [-0.25, -0.2) is 0 Å². The molecule has 1 aromatic carbocycles. The molecule has 0 amide bonds. The monoisotopic (exact) mass is 252 g/mol. The van der Waals surface area contributed by atoms with Crippen molar-refractivity contribution in [2.45, 2.75) is 32.9 Å². The van der Waals surface area contributed by atoms with E-state index in [1.165, 1.54) is 23.3 Å². The van der Waals surface area contributed by atoms with E-state index >= 15 is 0 Å². The number of nitrogens with zero attached hydrogens (tertiary/aromatic N) is 1.